The molecule has 0 saturated carbocycles. The van der Waals surface area contributed by atoms with Crippen molar-refractivity contribution in [1.29, 1.82) is 0 Å². The lowest BCUT2D eigenvalue weighted by atomic mass is 10.1. The molecule has 2 N–H and O–H groups in total. The van der Waals surface area contributed by atoms with Crippen LogP contribution in [-0.2, 0) is 20.1 Å². The number of guanidine groups is 1. The summed E-state index contributed by atoms with van der Waals surface area (Å²) in [4.78, 5) is 11.0. The number of phenolic OH excluding ortho intramolecular Hbond substituents is 1. The molecule has 0 aliphatic rings. The molecule has 0 bridgehead atoms. The van der Waals surface area contributed by atoms with E-state index in [0.29, 0.717) is 18.8 Å². The second kappa shape index (κ2) is 9.59. The van der Waals surface area contributed by atoms with Gasteiger partial charge in [-0.1, -0.05) is 12.1 Å². The number of rotatable bonds is 5. The first-order valence-corrected chi connectivity index (χ1v) is 8.03. The molecule has 2 aromatic rings. The third-order valence-electron chi connectivity index (χ3n) is 3.84. The number of aromatic nitrogens is 3. The average Bonchev–Trinajstić information content (AvgIpc) is 2.93. The normalized spacial score (nSPS) is 11.2. The predicted molar refractivity (Wildman–Crippen MR) is 110 cm³/mol. The van der Waals surface area contributed by atoms with Crippen LogP contribution in [0.25, 0.3) is 0 Å². The zero-order chi connectivity index (χ0) is 17.7. The quantitative estimate of drug-likeness (QED) is 0.409. The summed E-state index contributed by atoms with van der Waals surface area (Å²) in [5.41, 5.74) is 2.82. The first kappa shape index (κ1) is 21.2. The summed E-state index contributed by atoms with van der Waals surface area (Å²) >= 11 is 0. The Morgan fingerprint density at radius 1 is 1.32 bits per heavy atom. The fourth-order valence-corrected chi connectivity index (χ4v) is 2.52. The molecule has 1 aromatic carbocycles. The molecule has 1 heterocycles. The summed E-state index contributed by atoms with van der Waals surface area (Å²) in [5, 5.41) is 17.3. The second-order valence-electron chi connectivity index (χ2n) is 5.90. The van der Waals surface area contributed by atoms with Gasteiger partial charge in [-0.3, -0.25) is 4.68 Å². The van der Waals surface area contributed by atoms with Gasteiger partial charge >= 0.3 is 0 Å². The van der Waals surface area contributed by atoms with Crippen LogP contribution in [0, 0.1) is 13.8 Å². The van der Waals surface area contributed by atoms with Gasteiger partial charge in [-0.25, -0.2) is 9.98 Å². The highest BCUT2D eigenvalue weighted by Crippen LogP contribution is 2.23. The first-order valence-electron chi connectivity index (χ1n) is 8.03. The van der Waals surface area contributed by atoms with Crippen LogP contribution >= 0.6 is 24.0 Å². The van der Waals surface area contributed by atoms with Gasteiger partial charge in [0.15, 0.2) is 5.96 Å². The Labute approximate surface area is 166 Å². The van der Waals surface area contributed by atoms with Crippen molar-refractivity contribution >= 4 is 29.9 Å². The monoisotopic (exact) mass is 458 g/mol. The fraction of sp³-hybridized carbons (Fsp3) is 0.471. The molecular formula is C17H27IN6O. The van der Waals surface area contributed by atoms with E-state index in [-0.39, 0.29) is 24.0 Å². The van der Waals surface area contributed by atoms with Gasteiger partial charge in [0, 0.05) is 20.6 Å². The van der Waals surface area contributed by atoms with E-state index in [1.165, 1.54) is 0 Å². The predicted octanol–water partition coefficient (Wildman–Crippen LogP) is 2.35. The molecule has 7 nitrogen and oxygen atoms in total. The molecule has 0 fully saturated rings. The summed E-state index contributed by atoms with van der Waals surface area (Å²) in [7, 11) is 3.85. The van der Waals surface area contributed by atoms with E-state index in [4.69, 9.17) is 4.99 Å². The van der Waals surface area contributed by atoms with E-state index < -0.39 is 0 Å². The van der Waals surface area contributed by atoms with Crippen molar-refractivity contribution in [2.24, 2.45) is 12.0 Å². The molecule has 138 valence electrons. The van der Waals surface area contributed by atoms with Crippen LogP contribution in [0.4, 0.5) is 0 Å². The maximum absolute atomic E-state index is 9.88. The highest BCUT2D eigenvalue weighted by atomic mass is 127. The highest BCUT2D eigenvalue weighted by molar-refractivity contribution is 14.0. The molecule has 0 atom stereocenters. The van der Waals surface area contributed by atoms with Crippen LogP contribution in [0.15, 0.2) is 23.5 Å². The number of nitrogens with one attached hydrogen (secondary N) is 1. The minimum Gasteiger partial charge on any atom is -0.507 e. The van der Waals surface area contributed by atoms with Gasteiger partial charge in [-0.2, -0.15) is 5.10 Å². The highest BCUT2D eigenvalue weighted by Gasteiger charge is 2.10. The van der Waals surface area contributed by atoms with Gasteiger partial charge in [0.1, 0.15) is 17.9 Å². The fourth-order valence-electron chi connectivity index (χ4n) is 2.52. The van der Waals surface area contributed by atoms with E-state index in [9.17, 15) is 5.11 Å². The Morgan fingerprint density at radius 2 is 1.96 bits per heavy atom. The van der Waals surface area contributed by atoms with Crippen LogP contribution in [0.1, 0.15) is 29.4 Å². The SMILES string of the molecule is CCNC(=NCc1cc(C)c(O)c(C)c1)N(C)Cc1ncnn1C.I. The standard InChI is InChI=1S/C17H26N6O.HI/c1-6-18-17(22(4)10-15-20-11-21-23(15)5)19-9-14-7-12(2)16(24)13(3)8-14;/h7-8,11,24H,6,9-10H2,1-5H3,(H,18,19);1H. The first-order chi connectivity index (χ1) is 11.4. The van der Waals surface area contributed by atoms with Gasteiger partial charge < -0.3 is 15.3 Å². The third-order valence-corrected chi connectivity index (χ3v) is 3.84. The van der Waals surface area contributed by atoms with Crippen LogP contribution in [0.3, 0.4) is 0 Å². The van der Waals surface area contributed by atoms with Crippen molar-refractivity contribution in [3.05, 3.63) is 41.0 Å². The Kier molecular flexibility index (Phi) is 8.14. The number of benzene rings is 1. The van der Waals surface area contributed by atoms with Crippen molar-refractivity contribution < 1.29 is 5.11 Å². The number of aryl methyl sites for hydroxylation is 3. The van der Waals surface area contributed by atoms with Crippen LogP contribution < -0.4 is 5.32 Å². The maximum Gasteiger partial charge on any atom is 0.194 e. The van der Waals surface area contributed by atoms with E-state index in [0.717, 1.165) is 35.0 Å². The lowest BCUT2D eigenvalue weighted by Crippen LogP contribution is -2.39. The Hall–Kier alpha value is -1.84. The van der Waals surface area contributed by atoms with Crippen molar-refractivity contribution in [3.63, 3.8) is 0 Å². The summed E-state index contributed by atoms with van der Waals surface area (Å²) in [6, 6.07) is 3.94. The molecule has 8 heteroatoms. The maximum atomic E-state index is 9.88. The van der Waals surface area contributed by atoms with E-state index >= 15 is 0 Å². The van der Waals surface area contributed by atoms with Gasteiger partial charge in [-0.15, -0.1) is 24.0 Å². The van der Waals surface area contributed by atoms with E-state index in [1.54, 1.807) is 11.0 Å². The number of aliphatic imine (C=N–C) groups is 1. The molecule has 0 aliphatic heterocycles. The topological polar surface area (TPSA) is 78.6 Å². The number of aromatic hydroxyl groups is 1. The third kappa shape index (κ3) is 5.58. The zero-order valence-corrected chi connectivity index (χ0v) is 17.8. The van der Waals surface area contributed by atoms with Crippen LogP contribution in [0.5, 0.6) is 5.75 Å². The number of hydrogen-bond acceptors (Lipinski definition) is 4. The minimum absolute atomic E-state index is 0. The summed E-state index contributed by atoms with van der Waals surface area (Å²) in [5.74, 6) is 2.04. The molecule has 0 saturated heterocycles. The molecule has 2 rings (SSSR count). The van der Waals surface area contributed by atoms with Crippen LogP contribution in [-0.4, -0.2) is 44.3 Å². The molecule has 0 unspecified atom stereocenters. The smallest absolute Gasteiger partial charge is 0.194 e. The van der Waals surface area contributed by atoms with E-state index in [1.807, 2.05) is 51.9 Å². The molecule has 0 aliphatic carbocycles. The number of nitrogens with zero attached hydrogens (tertiary/aromatic N) is 5. The van der Waals surface area contributed by atoms with Gasteiger partial charge in [0.2, 0.25) is 0 Å². The van der Waals surface area contributed by atoms with Gasteiger partial charge in [0.05, 0.1) is 13.1 Å². The minimum atomic E-state index is 0. The van der Waals surface area contributed by atoms with Crippen molar-refractivity contribution in [3.8, 4) is 5.75 Å². The van der Waals surface area contributed by atoms with Gasteiger partial charge in [0.25, 0.3) is 0 Å². The molecule has 0 spiro atoms. The number of hydrogen-bond donors (Lipinski definition) is 2. The Bertz CT molecular complexity index is 705. The molecular weight excluding hydrogens is 431 g/mol. The lowest BCUT2D eigenvalue weighted by molar-refractivity contribution is 0.448. The largest absolute Gasteiger partial charge is 0.507 e. The summed E-state index contributed by atoms with van der Waals surface area (Å²) in [6.07, 6.45) is 1.55. The van der Waals surface area contributed by atoms with Gasteiger partial charge in [-0.05, 0) is 37.5 Å². The lowest BCUT2D eigenvalue weighted by Gasteiger charge is -2.21. The summed E-state index contributed by atoms with van der Waals surface area (Å²) < 4.78 is 1.76. The Morgan fingerprint density at radius 3 is 2.48 bits per heavy atom. The Balaban J connectivity index is 0.00000312. The van der Waals surface area contributed by atoms with E-state index in [2.05, 4.69) is 15.4 Å². The molecule has 0 amide bonds. The summed E-state index contributed by atoms with van der Waals surface area (Å²) in [6.45, 7) is 7.81. The average molecular weight is 458 g/mol. The second-order valence-corrected chi connectivity index (χ2v) is 5.90. The molecule has 25 heavy (non-hydrogen) atoms. The number of halogens is 1. The molecule has 1 aromatic heterocycles. The van der Waals surface area contributed by atoms with Crippen LogP contribution in [0.2, 0.25) is 0 Å². The zero-order valence-electron chi connectivity index (χ0n) is 15.4. The molecule has 0 radical (unpaired) electrons. The van der Waals surface area contributed by atoms with Crippen molar-refractivity contribution in [1.82, 2.24) is 25.0 Å². The van der Waals surface area contributed by atoms with Crippen molar-refractivity contribution in [2.75, 3.05) is 13.6 Å². The number of phenols is 1. The van der Waals surface area contributed by atoms with Crippen molar-refractivity contribution in [2.45, 2.75) is 33.9 Å².